The third-order valence-corrected chi connectivity index (χ3v) is 8.23. The molecule has 1 unspecified atom stereocenters. The van der Waals surface area contributed by atoms with Crippen molar-refractivity contribution in [2.75, 3.05) is 11.1 Å². The molecule has 0 aliphatic carbocycles. The number of fused-ring (bicyclic) bond motifs is 1. The molecule has 5 rings (SSSR count). The Balaban J connectivity index is 1.50. The minimum atomic E-state index is -0.612. The predicted molar refractivity (Wildman–Crippen MR) is 171 cm³/mol. The number of aromatic nitrogens is 3. The predicted octanol–water partition coefficient (Wildman–Crippen LogP) is 8.06. The number of carbonyl (C=O) groups excluding carboxylic acids is 1. The van der Waals surface area contributed by atoms with Crippen molar-refractivity contribution < 1.29 is 14.3 Å². The van der Waals surface area contributed by atoms with E-state index in [0.29, 0.717) is 34.7 Å². The topological polar surface area (TPSA) is 78.3 Å². The van der Waals surface area contributed by atoms with E-state index in [0.717, 1.165) is 26.9 Å². The maximum Gasteiger partial charge on any atom is 0.338 e. The minimum absolute atomic E-state index is 0.0768. The monoisotopic (exact) mass is 646 g/mol. The Morgan fingerprint density at radius 2 is 1.74 bits per heavy atom. The molecule has 1 atom stereocenters. The fraction of sp³-hybridized carbons (Fsp3) is 0.303. The van der Waals surface area contributed by atoms with Crippen LogP contribution in [0.1, 0.15) is 62.9 Å². The van der Waals surface area contributed by atoms with Crippen molar-refractivity contribution in [3.05, 3.63) is 111 Å². The van der Waals surface area contributed by atoms with Crippen LogP contribution < -0.4 is 10.1 Å². The van der Waals surface area contributed by atoms with Gasteiger partial charge in [0.15, 0.2) is 0 Å². The van der Waals surface area contributed by atoms with E-state index in [-0.39, 0.29) is 12.0 Å². The largest absolute Gasteiger partial charge is 0.489 e. The van der Waals surface area contributed by atoms with E-state index >= 15 is 0 Å². The lowest BCUT2D eigenvalue weighted by atomic mass is 9.87. The standard InChI is InChI=1S/C33H35BrN4O3S/c1-6-42-32-36-31-35-21(2)28(30(39)41-20-22-10-8-7-9-11-22)29(38(31)37-32)26-18-25(34)16-17-27(26)40-19-23-12-14-24(15-13-23)33(3,4)5/h7-18,29H,6,19-20H2,1-5H3,(H,35,36,37). The first-order chi connectivity index (χ1) is 20.1. The molecule has 1 aliphatic rings. The van der Waals surface area contributed by atoms with Crippen LogP contribution >= 0.6 is 27.7 Å². The lowest BCUT2D eigenvalue weighted by Gasteiger charge is -2.29. The van der Waals surface area contributed by atoms with Gasteiger partial charge >= 0.3 is 5.97 Å². The van der Waals surface area contributed by atoms with Crippen LogP contribution in [-0.4, -0.2) is 26.5 Å². The fourth-order valence-corrected chi connectivity index (χ4v) is 5.73. The Kier molecular flexibility index (Phi) is 9.08. The van der Waals surface area contributed by atoms with Gasteiger partial charge in [0.25, 0.3) is 0 Å². The highest BCUT2D eigenvalue weighted by Crippen LogP contribution is 2.41. The molecule has 1 N–H and O–H groups in total. The smallest absolute Gasteiger partial charge is 0.338 e. The molecule has 4 aromatic rings. The maximum atomic E-state index is 13.8. The summed E-state index contributed by atoms with van der Waals surface area (Å²) in [5.74, 6) is 1.61. The van der Waals surface area contributed by atoms with Gasteiger partial charge in [0, 0.05) is 15.7 Å². The molecule has 0 saturated heterocycles. The van der Waals surface area contributed by atoms with Crippen LogP contribution in [0, 0.1) is 0 Å². The van der Waals surface area contributed by atoms with Crippen LogP contribution in [0.5, 0.6) is 5.75 Å². The van der Waals surface area contributed by atoms with Gasteiger partial charge in [-0.15, -0.1) is 5.10 Å². The SMILES string of the molecule is CCSc1nc2n(n1)C(c1cc(Br)ccc1OCc1ccc(C(C)(C)C)cc1)C(C(=O)OCc1ccccc1)=C(C)N2. The summed E-state index contributed by atoms with van der Waals surface area (Å²) in [6, 6.07) is 23.4. The van der Waals surface area contributed by atoms with Crippen LogP contribution in [0.2, 0.25) is 0 Å². The number of hydrogen-bond donors (Lipinski definition) is 1. The third-order valence-electron chi connectivity index (χ3n) is 7.02. The molecule has 2 heterocycles. The van der Waals surface area contributed by atoms with E-state index in [9.17, 15) is 4.79 Å². The van der Waals surface area contributed by atoms with Crippen molar-refractivity contribution in [3.63, 3.8) is 0 Å². The summed E-state index contributed by atoms with van der Waals surface area (Å²) in [4.78, 5) is 18.4. The van der Waals surface area contributed by atoms with Gasteiger partial charge in [0.05, 0.1) is 5.57 Å². The van der Waals surface area contributed by atoms with Crippen LogP contribution in [0.25, 0.3) is 0 Å². The summed E-state index contributed by atoms with van der Waals surface area (Å²) in [6.45, 7) is 11.1. The van der Waals surface area contributed by atoms with Gasteiger partial charge in [-0.3, -0.25) is 0 Å². The molecule has 3 aromatic carbocycles. The fourth-order valence-electron chi connectivity index (χ4n) is 4.80. The lowest BCUT2D eigenvalue weighted by Crippen LogP contribution is -2.30. The first-order valence-electron chi connectivity index (χ1n) is 13.9. The molecule has 0 amide bonds. The molecule has 7 nitrogen and oxygen atoms in total. The number of nitrogens with zero attached hydrogens (tertiary/aromatic N) is 3. The van der Waals surface area contributed by atoms with E-state index in [1.165, 1.54) is 5.56 Å². The van der Waals surface area contributed by atoms with Crippen molar-refractivity contribution in [1.29, 1.82) is 0 Å². The summed E-state index contributed by atoms with van der Waals surface area (Å²) in [7, 11) is 0. The van der Waals surface area contributed by atoms with Crippen molar-refractivity contribution in [1.82, 2.24) is 14.8 Å². The van der Waals surface area contributed by atoms with Crippen LogP contribution in [0.3, 0.4) is 0 Å². The van der Waals surface area contributed by atoms with Gasteiger partial charge in [-0.25, -0.2) is 9.48 Å². The Bertz CT molecular complexity index is 1590. The van der Waals surface area contributed by atoms with Gasteiger partial charge in [0.1, 0.15) is 25.0 Å². The van der Waals surface area contributed by atoms with Gasteiger partial charge in [-0.1, -0.05) is 110 Å². The Hall–Kier alpha value is -3.56. The molecule has 0 bridgehead atoms. The highest BCUT2D eigenvalue weighted by atomic mass is 79.9. The van der Waals surface area contributed by atoms with Crippen LogP contribution in [0.15, 0.2) is 93.7 Å². The number of anilines is 1. The second kappa shape index (κ2) is 12.8. The normalized spacial score (nSPS) is 14.8. The lowest BCUT2D eigenvalue weighted by molar-refractivity contribution is -0.140. The first kappa shape index (κ1) is 29.9. The maximum absolute atomic E-state index is 13.8. The number of nitrogens with one attached hydrogen (secondary N) is 1. The summed E-state index contributed by atoms with van der Waals surface area (Å²) in [5.41, 5.74) is 5.21. The number of allylic oxidation sites excluding steroid dienone is 1. The second-order valence-electron chi connectivity index (χ2n) is 11.1. The Morgan fingerprint density at radius 3 is 2.43 bits per heavy atom. The van der Waals surface area contributed by atoms with Gasteiger partial charge < -0.3 is 14.8 Å². The number of thioether (sulfide) groups is 1. The molecule has 1 aliphatic heterocycles. The number of carbonyl (C=O) groups is 1. The van der Waals surface area contributed by atoms with E-state index in [4.69, 9.17) is 19.6 Å². The Labute approximate surface area is 259 Å². The molecule has 0 spiro atoms. The first-order valence-corrected chi connectivity index (χ1v) is 15.7. The molecular weight excluding hydrogens is 612 g/mol. The van der Waals surface area contributed by atoms with Gasteiger partial charge in [-0.05, 0) is 53.0 Å². The molecule has 1 aromatic heterocycles. The number of hydrogen-bond acceptors (Lipinski definition) is 7. The zero-order valence-corrected chi connectivity index (χ0v) is 26.9. The summed E-state index contributed by atoms with van der Waals surface area (Å²) in [5, 5.41) is 8.71. The molecule has 218 valence electrons. The molecule has 42 heavy (non-hydrogen) atoms. The van der Waals surface area contributed by atoms with E-state index in [2.05, 4.69) is 73.2 Å². The minimum Gasteiger partial charge on any atom is -0.489 e. The summed E-state index contributed by atoms with van der Waals surface area (Å²) < 4.78 is 14.9. The molecule has 0 radical (unpaired) electrons. The number of rotatable bonds is 9. The average molecular weight is 648 g/mol. The highest BCUT2D eigenvalue weighted by molar-refractivity contribution is 9.10. The second-order valence-corrected chi connectivity index (χ2v) is 13.3. The van der Waals surface area contributed by atoms with Crippen molar-refractivity contribution in [2.45, 2.75) is 64.4 Å². The van der Waals surface area contributed by atoms with Gasteiger partial charge in [-0.2, -0.15) is 4.98 Å². The van der Waals surface area contributed by atoms with Crippen LogP contribution in [-0.2, 0) is 28.2 Å². The molecular formula is C33H35BrN4O3S. The van der Waals surface area contributed by atoms with Crippen molar-refractivity contribution in [3.8, 4) is 5.75 Å². The van der Waals surface area contributed by atoms with E-state index in [1.807, 2.05) is 55.5 Å². The Morgan fingerprint density at radius 1 is 1.02 bits per heavy atom. The molecule has 0 saturated carbocycles. The zero-order chi connectivity index (χ0) is 29.9. The van der Waals surface area contributed by atoms with Crippen molar-refractivity contribution >= 4 is 39.6 Å². The van der Waals surface area contributed by atoms with E-state index < -0.39 is 12.0 Å². The average Bonchev–Trinajstić information content (AvgIpc) is 3.37. The quantitative estimate of drug-likeness (QED) is 0.145. The number of halogens is 1. The summed E-state index contributed by atoms with van der Waals surface area (Å²) in [6.07, 6.45) is 0. The third kappa shape index (κ3) is 6.73. The number of esters is 1. The zero-order valence-electron chi connectivity index (χ0n) is 24.5. The number of ether oxygens (including phenoxy) is 2. The van der Waals surface area contributed by atoms with E-state index in [1.54, 1.807) is 16.4 Å². The summed E-state index contributed by atoms with van der Waals surface area (Å²) >= 11 is 5.18. The van der Waals surface area contributed by atoms with Crippen molar-refractivity contribution in [2.24, 2.45) is 0 Å². The van der Waals surface area contributed by atoms with Crippen LogP contribution in [0.4, 0.5) is 5.95 Å². The molecule has 9 heteroatoms. The highest BCUT2D eigenvalue weighted by Gasteiger charge is 2.37. The number of benzene rings is 3. The molecule has 0 fully saturated rings. The van der Waals surface area contributed by atoms with Gasteiger partial charge in [0.2, 0.25) is 11.1 Å².